The number of nitrogens with zero attached hydrogens (tertiary/aromatic N) is 1. The second-order valence-corrected chi connectivity index (χ2v) is 19.6. The third kappa shape index (κ3) is 43.1. The molecule has 9 heteroatoms. The Morgan fingerprint density at radius 2 is 0.947 bits per heavy atom. The van der Waals surface area contributed by atoms with Crippen molar-refractivity contribution in [2.75, 3.05) is 40.9 Å². The van der Waals surface area contributed by atoms with Crippen molar-refractivity contribution in [3.63, 3.8) is 0 Å². The van der Waals surface area contributed by atoms with Gasteiger partial charge in [-0.1, -0.05) is 206 Å². The highest BCUT2D eigenvalue weighted by molar-refractivity contribution is 7.47. The summed E-state index contributed by atoms with van der Waals surface area (Å²) >= 11 is 0. The van der Waals surface area contributed by atoms with E-state index < -0.39 is 20.0 Å². The summed E-state index contributed by atoms with van der Waals surface area (Å²) in [5.74, 6) is -0.151. The standard InChI is InChI=1S/C48H97N2O6P/c1-6-8-10-12-14-16-18-20-21-22-23-24-25-26-27-28-30-31-33-35-37-39-41-47(51)46(45-56-57(53,54)55-44-43-50(3,4)5)49-48(52)42-40-38-36-34-32-29-19-17-15-13-11-9-7-2/h17,19,46-47,51H,6-16,18,20-45H2,1-5H3,(H-,49,52,53,54)/p+1/b19-17-. The van der Waals surface area contributed by atoms with E-state index in [0.29, 0.717) is 23.9 Å². The largest absolute Gasteiger partial charge is 0.472 e. The summed E-state index contributed by atoms with van der Waals surface area (Å²) in [6, 6.07) is -0.761. The third-order valence-corrected chi connectivity index (χ3v) is 12.2. The van der Waals surface area contributed by atoms with Crippen molar-refractivity contribution >= 4 is 13.7 Å². The minimum atomic E-state index is -4.31. The SMILES string of the molecule is CCCCCC/C=C\CCCCCCCC(=O)NC(COP(=O)(O)OCC[N+](C)(C)C)C(O)CCCCCCCCCCCCCCCCCCCCCCCC. The van der Waals surface area contributed by atoms with Crippen LogP contribution in [0.2, 0.25) is 0 Å². The molecule has 8 nitrogen and oxygen atoms in total. The normalized spacial score (nSPS) is 14.3. The quantitative estimate of drug-likeness (QED) is 0.0244. The van der Waals surface area contributed by atoms with Crippen LogP contribution in [0.15, 0.2) is 12.2 Å². The maximum atomic E-state index is 12.9. The zero-order chi connectivity index (χ0) is 42.1. The van der Waals surface area contributed by atoms with Crippen molar-refractivity contribution in [1.82, 2.24) is 5.32 Å². The van der Waals surface area contributed by atoms with Crippen LogP contribution in [0, 0.1) is 0 Å². The van der Waals surface area contributed by atoms with Crippen molar-refractivity contribution in [2.45, 2.75) is 251 Å². The average Bonchev–Trinajstić information content (AvgIpc) is 3.16. The second-order valence-electron chi connectivity index (χ2n) is 18.2. The van der Waals surface area contributed by atoms with Gasteiger partial charge in [-0.3, -0.25) is 13.8 Å². The number of phosphoric acid groups is 1. The van der Waals surface area contributed by atoms with Gasteiger partial charge in [0.1, 0.15) is 13.2 Å². The summed E-state index contributed by atoms with van der Waals surface area (Å²) in [6.07, 6.45) is 46.7. The topological polar surface area (TPSA) is 105 Å². The van der Waals surface area contributed by atoms with Gasteiger partial charge in [-0.05, 0) is 38.5 Å². The summed E-state index contributed by atoms with van der Waals surface area (Å²) in [5.41, 5.74) is 0. The molecule has 0 aliphatic rings. The Balaban J connectivity index is 4.23. The molecule has 0 aromatic carbocycles. The number of amides is 1. The number of aliphatic hydroxyl groups is 1. The van der Waals surface area contributed by atoms with Crippen LogP contribution in [0.5, 0.6) is 0 Å². The van der Waals surface area contributed by atoms with E-state index in [1.165, 1.54) is 161 Å². The third-order valence-electron chi connectivity index (χ3n) is 11.3. The van der Waals surface area contributed by atoms with Gasteiger partial charge in [-0.15, -0.1) is 0 Å². The molecule has 57 heavy (non-hydrogen) atoms. The number of quaternary nitrogens is 1. The predicted molar refractivity (Wildman–Crippen MR) is 245 cm³/mol. The molecule has 0 bridgehead atoms. The number of carbonyl (C=O) groups is 1. The van der Waals surface area contributed by atoms with E-state index in [1.54, 1.807) is 0 Å². The smallest absolute Gasteiger partial charge is 0.391 e. The predicted octanol–water partition coefficient (Wildman–Crippen LogP) is 13.9. The molecule has 1 amide bonds. The molecular weight excluding hydrogens is 732 g/mol. The molecular formula is C48H98N2O6P+. The number of unbranched alkanes of at least 4 members (excludes halogenated alkanes) is 30. The van der Waals surface area contributed by atoms with Crippen molar-refractivity contribution < 1.29 is 32.9 Å². The van der Waals surface area contributed by atoms with Crippen LogP contribution >= 0.6 is 7.82 Å². The summed E-state index contributed by atoms with van der Waals surface area (Å²) < 4.78 is 23.7. The molecule has 3 unspecified atom stereocenters. The number of hydrogen-bond acceptors (Lipinski definition) is 5. The zero-order valence-electron chi connectivity index (χ0n) is 38.6. The summed E-state index contributed by atoms with van der Waals surface area (Å²) in [7, 11) is 1.62. The van der Waals surface area contributed by atoms with E-state index in [-0.39, 0.29) is 19.1 Å². The lowest BCUT2D eigenvalue weighted by Crippen LogP contribution is -2.46. The van der Waals surface area contributed by atoms with Gasteiger partial charge in [-0.2, -0.15) is 0 Å². The molecule has 340 valence electrons. The van der Waals surface area contributed by atoms with Crippen LogP contribution in [0.25, 0.3) is 0 Å². The minimum absolute atomic E-state index is 0.0751. The molecule has 0 saturated heterocycles. The van der Waals surface area contributed by atoms with E-state index >= 15 is 0 Å². The Hall–Kier alpha value is -0.760. The van der Waals surface area contributed by atoms with Crippen LogP contribution in [0.4, 0.5) is 0 Å². The molecule has 0 aliphatic carbocycles. The van der Waals surface area contributed by atoms with Crippen LogP contribution in [0.3, 0.4) is 0 Å². The van der Waals surface area contributed by atoms with E-state index in [9.17, 15) is 19.4 Å². The average molecular weight is 830 g/mol. The van der Waals surface area contributed by atoms with Crippen LogP contribution in [0.1, 0.15) is 239 Å². The number of phosphoric ester groups is 1. The highest BCUT2D eigenvalue weighted by Gasteiger charge is 2.28. The first-order valence-corrected chi connectivity index (χ1v) is 26.0. The van der Waals surface area contributed by atoms with Crippen molar-refractivity contribution in [3.05, 3.63) is 12.2 Å². The van der Waals surface area contributed by atoms with E-state index in [0.717, 1.165) is 51.4 Å². The van der Waals surface area contributed by atoms with Crippen LogP contribution < -0.4 is 5.32 Å². The molecule has 0 saturated carbocycles. The highest BCUT2D eigenvalue weighted by Crippen LogP contribution is 2.43. The number of rotatable bonds is 45. The molecule has 0 radical (unpaired) electrons. The van der Waals surface area contributed by atoms with Crippen molar-refractivity contribution in [3.8, 4) is 0 Å². The molecule has 0 rings (SSSR count). The number of nitrogens with one attached hydrogen (secondary N) is 1. The Morgan fingerprint density at radius 3 is 1.37 bits per heavy atom. The van der Waals surface area contributed by atoms with Gasteiger partial charge in [0.15, 0.2) is 0 Å². The van der Waals surface area contributed by atoms with Crippen LogP contribution in [-0.2, 0) is 18.4 Å². The minimum Gasteiger partial charge on any atom is -0.391 e. The molecule has 0 spiro atoms. The highest BCUT2D eigenvalue weighted by atomic mass is 31.2. The van der Waals surface area contributed by atoms with E-state index in [2.05, 4.69) is 31.3 Å². The van der Waals surface area contributed by atoms with Gasteiger partial charge >= 0.3 is 7.82 Å². The molecule has 0 aliphatic heterocycles. The first-order chi connectivity index (χ1) is 27.5. The fourth-order valence-corrected chi connectivity index (χ4v) is 8.07. The number of carbonyl (C=O) groups excluding carboxylic acids is 1. The monoisotopic (exact) mass is 830 g/mol. The van der Waals surface area contributed by atoms with Gasteiger partial charge in [0, 0.05) is 6.42 Å². The maximum Gasteiger partial charge on any atom is 0.472 e. The summed E-state index contributed by atoms with van der Waals surface area (Å²) in [4.78, 5) is 23.2. The lowest BCUT2D eigenvalue weighted by atomic mass is 10.0. The second kappa shape index (κ2) is 40.6. The number of aliphatic hydroxyl groups excluding tert-OH is 1. The Morgan fingerprint density at radius 1 is 0.579 bits per heavy atom. The van der Waals surface area contributed by atoms with Crippen molar-refractivity contribution in [1.29, 1.82) is 0 Å². The fraction of sp³-hybridized carbons (Fsp3) is 0.938. The van der Waals surface area contributed by atoms with Gasteiger partial charge < -0.3 is 19.8 Å². The molecule has 3 N–H and O–H groups in total. The number of allylic oxidation sites excluding steroid dienone is 2. The Kier molecular flexibility index (Phi) is 40.1. The van der Waals surface area contributed by atoms with Gasteiger partial charge in [0.05, 0.1) is 39.9 Å². The molecule has 0 aromatic heterocycles. The lowest BCUT2D eigenvalue weighted by molar-refractivity contribution is -0.870. The zero-order valence-corrected chi connectivity index (χ0v) is 39.5. The first-order valence-electron chi connectivity index (χ1n) is 24.6. The lowest BCUT2D eigenvalue weighted by Gasteiger charge is -2.26. The molecule has 0 aromatic rings. The van der Waals surface area contributed by atoms with E-state index in [1.807, 2.05) is 21.1 Å². The molecule has 0 fully saturated rings. The number of hydrogen-bond donors (Lipinski definition) is 3. The van der Waals surface area contributed by atoms with Gasteiger partial charge in [-0.25, -0.2) is 4.57 Å². The number of likely N-dealkylation sites (N-methyl/N-ethyl adjacent to an activating group) is 1. The van der Waals surface area contributed by atoms with Crippen molar-refractivity contribution in [2.24, 2.45) is 0 Å². The van der Waals surface area contributed by atoms with Gasteiger partial charge in [0.2, 0.25) is 5.91 Å². The Labute approximate surface area is 354 Å². The Bertz CT molecular complexity index is 942. The summed E-state index contributed by atoms with van der Waals surface area (Å²) in [5, 5.41) is 14.0. The van der Waals surface area contributed by atoms with E-state index in [4.69, 9.17) is 9.05 Å². The molecule has 0 heterocycles. The first kappa shape index (κ1) is 56.2. The van der Waals surface area contributed by atoms with Crippen LogP contribution in [-0.4, -0.2) is 73.4 Å². The fourth-order valence-electron chi connectivity index (χ4n) is 7.34. The maximum absolute atomic E-state index is 12.9. The van der Waals surface area contributed by atoms with Gasteiger partial charge in [0.25, 0.3) is 0 Å². The molecule has 3 atom stereocenters. The summed E-state index contributed by atoms with van der Waals surface area (Å²) in [6.45, 7) is 4.89.